The molecule has 0 aliphatic carbocycles. The van der Waals surface area contributed by atoms with Crippen molar-refractivity contribution < 1.29 is 31.2 Å². The van der Waals surface area contributed by atoms with Crippen LogP contribution in [0.15, 0.2) is 0 Å². The largest absolute Gasteiger partial charge is 2.00 e. The quantitative estimate of drug-likeness (QED) is 0.323. The molecule has 0 saturated carbocycles. The van der Waals surface area contributed by atoms with Crippen molar-refractivity contribution in [2.24, 2.45) is 0 Å². The molecule has 0 bridgehead atoms. The van der Waals surface area contributed by atoms with Crippen LogP contribution >= 0.6 is 0 Å². The zero-order valence-electron chi connectivity index (χ0n) is 2.95. The van der Waals surface area contributed by atoms with Gasteiger partial charge in [-0.25, -0.2) is 0 Å². The van der Waals surface area contributed by atoms with E-state index in [1.165, 1.54) is 0 Å². The Morgan fingerprint density at radius 3 is 1.60 bits per heavy atom. The standard InChI is InChI=1S/Ni.H2O3S/c;1-4(2)3/h;(H2,1,2,3)/q+2;/p-1. The summed E-state index contributed by atoms with van der Waals surface area (Å²) in [5, 5.41) is 0. The van der Waals surface area contributed by atoms with Crippen molar-refractivity contribution >= 4 is 11.4 Å². The van der Waals surface area contributed by atoms with Crippen LogP contribution in [0.25, 0.3) is 0 Å². The van der Waals surface area contributed by atoms with Gasteiger partial charge in [0.1, 0.15) is 0 Å². The summed E-state index contributed by atoms with van der Waals surface area (Å²) >= 11 is -3.11. The van der Waals surface area contributed by atoms with Crippen molar-refractivity contribution in [2.75, 3.05) is 0 Å². The molecule has 0 N–H and O–H groups in total. The van der Waals surface area contributed by atoms with Crippen molar-refractivity contribution in [3.05, 3.63) is 0 Å². The Morgan fingerprint density at radius 1 is 1.60 bits per heavy atom. The van der Waals surface area contributed by atoms with Gasteiger partial charge in [0.15, 0.2) is 0 Å². The molecule has 0 aromatic heterocycles. The minimum atomic E-state index is -3.11. The van der Waals surface area contributed by atoms with Crippen molar-refractivity contribution in [3.8, 4) is 0 Å². The Labute approximate surface area is 43.3 Å². The van der Waals surface area contributed by atoms with Crippen LogP contribution in [0.4, 0.5) is 0 Å². The Balaban J connectivity index is -0.0000000450. The zero-order chi connectivity index (χ0) is 3.58. The molecule has 0 aliphatic rings. The molecule has 5 heteroatoms. The van der Waals surface area contributed by atoms with E-state index >= 15 is 0 Å². The molecule has 0 saturated heterocycles. The monoisotopic (exact) mass is 139 g/mol. The Hall–Kier alpha value is 0.564. The number of rotatable bonds is 0. The van der Waals surface area contributed by atoms with Crippen molar-refractivity contribution in [2.45, 2.75) is 0 Å². The number of hydrogen-bond donors (Lipinski definition) is 0. The molecule has 0 atom stereocenters. The average Bonchev–Trinajstić information content (AvgIpc) is 0.811. The normalized spacial score (nSPS) is 7.00. The maximum Gasteiger partial charge on any atom is 2.00 e. The van der Waals surface area contributed by atoms with E-state index in [-0.39, 0.29) is 17.9 Å². The minimum Gasteiger partial charge on any atom is -0.784 e. The summed E-state index contributed by atoms with van der Waals surface area (Å²) in [5.74, 6) is 0. The zero-order valence-corrected chi connectivity index (χ0v) is 3.75. The molecule has 0 aliphatic heterocycles. The predicted octanol–water partition coefficient (Wildman–Crippen LogP) is -0.894. The maximum absolute atomic E-state index is 8.44. The summed E-state index contributed by atoms with van der Waals surface area (Å²) in [6.45, 7) is 0. The summed E-state index contributed by atoms with van der Waals surface area (Å²) in [4.78, 5) is 0. The fraction of sp³-hybridized carbons (Fsp3) is 0. The first-order valence-corrected chi connectivity index (χ1v) is 1.50. The second-order valence-electron chi connectivity index (χ2n) is 0.204. The molecule has 0 fully saturated rings. The maximum atomic E-state index is 8.44. The third-order valence-corrected chi connectivity index (χ3v) is 0. The van der Waals surface area contributed by atoms with Gasteiger partial charge in [-0.1, -0.05) is 0 Å². The molecule has 0 spiro atoms. The van der Waals surface area contributed by atoms with Crippen LogP contribution in [-0.2, 0) is 27.9 Å². The van der Waals surface area contributed by atoms with Gasteiger partial charge in [0, 0.05) is 0 Å². The first kappa shape index (κ1) is 9.12. The van der Waals surface area contributed by atoms with Crippen LogP contribution in [0.1, 0.15) is 1.43 Å². The molecule has 0 aromatic carbocycles. The molecular formula is HNiO3S+. The van der Waals surface area contributed by atoms with E-state index in [1.54, 1.807) is 0 Å². The molecule has 5 heavy (non-hydrogen) atoms. The van der Waals surface area contributed by atoms with Gasteiger partial charge in [0.2, 0.25) is 0 Å². The summed E-state index contributed by atoms with van der Waals surface area (Å²) in [6, 6.07) is 0. The van der Waals surface area contributed by atoms with Gasteiger partial charge in [0.25, 0.3) is 0 Å². The predicted molar refractivity (Wildman–Crippen MR) is 10.8 cm³/mol. The topological polar surface area (TPSA) is 63.2 Å². The molecular weight excluding hydrogens is 139 g/mol. The van der Waals surface area contributed by atoms with Gasteiger partial charge in [0.05, 0.1) is 0 Å². The van der Waals surface area contributed by atoms with E-state index in [0.717, 1.165) is 0 Å². The first-order chi connectivity index (χ1) is 1.73. The molecule has 0 radical (unpaired) electrons. The van der Waals surface area contributed by atoms with E-state index in [0.29, 0.717) is 0 Å². The van der Waals surface area contributed by atoms with E-state index in [9.17, 15) is 0 Å². The smallest absolute Gasteiger partial charge is 0.784 e. The molecule has 0 aromatic rings. The van der Waals surface area contributed by atoms with Crippen molar-refractivity contribution in [1.29, 1.82) is 0 Å². The SMILES string of the molecule is O=S([O-])[O-].[H+].[Ni+2]. The first-order valence-electron chi connectivity index (χ1n) is 0.500. The fourth-order valence-corrected chi connectivity index (χ4v) is 0. The van der Waals surface area contributed by atoms with Crippen LogP contribution in [0.2, 0.25) is 0 Å². The molecule has 3 nitrogen and oxygen atoms in total. The van der Waals surface area contributed by atoms with Crippen LogP contribution in [0.3, 0.4) is 0 Å². The summed E-state index contributed by atoms with van der Waals surface area (Å²) in [5.41, 5.74) is 0. The molecule has 0 amide bonds. The summed E-state index contributed by atoms with van der Waals surface area (Å²) in [7, 11) is 0. The molecule has 0 unspecified atom stereocenters. The Kier molecular flexibility index (Phi) is 8.33. The third kappa shape index (κ3) is 94.4. The second kappa shape index (κ2) is 4.56. The van der Waals surface area contributed by atoms with Gasteiger partial charge in [-0.15, -0.1) is 11.4 Å². The minimum absolute atomic E-state index is 0. The Bertz CT molecular complexity index is 33.8. The molecule has 0 rings (SSSR count). The van der Waals surface area contributed by atoms with Gasteiger partial charge in [-0.05, 0) is 0 Å². The van der Waals surface area contributed by atoms with Gasteiger partial charge < -0.3 is 9.11 Å². The Morgan fingerprint density at radius 2 is 1.60 bits per heavy atom. The van der Waals surface area contributed by atoms with E-state index in [1.807, 2.05) is 0 Å². The molecule has 0 heterocycles. The summed E-state index contributed by atoms with van der Waals surface area (Å²) < 4.78 is 25.3. The van der Waals surface area contributed by atoms with Crippen LogP contribution in [0.5, 0.6) is 0 Å². The van der Waals surface area contributed by atoms with Crippen LogP contribution in [0, 0.1) is 0 Å². The average molecular weight is 140 g/mol. The van der Waals surface area contributed by atoms with E-state index in [4.69, 9.17) is 13.3 Å². The molecule has 34 valence electrons. The summed E-state index contributed by atoms with van der Waals surface area (Å²) in [6.07, 6.45) is 0. The second-order valence-corrected chi connectivity index (χ2v) is 0.612. The van der Waals surface area contributed by atoms with Crippen molar-refractivity contribution in [3.63, 3.8) is 0 Å². The third-order valence-electron chi connectivity index (χ3n) is 0. The van der Waals surface area contributed by atoms with E-state index < -0.39 is 11.4 Å². The fourth-order valence-electron chi connectivity index (χ4n) is 0. The van der Waals surface area contributed by atoms with Gasteiger partial charge >= 0.3 is 17.9 Å². The number of hydrogen-bond acceptors (Lipinski definition) is 3. The van der Waals surface area contributed by atoms with Crippen LogP contribution < -0.4 is 0 Å². The van der Waals surface area contributed by atoms with E-state index in [2.05, 4.69) is 0 Å². The van der Waals surface area contributed by atoms with Crippen molar-refractivity contribution in [1.82, 2.24) is 0 Å². The van der Waals surface area contributed by atoms with Crippen LogP contribution in [-0.4, -0.2) is 13.3 Å². The van der Waals surface area contributed by atoms with Gasteiger partial charge in [-0.3, -0.25) is 4.21 Å². The van der Waals surface area contributed by atoms with Gasteiger partial charge in [-0.2, -0.15) is 0 Å².